The largest absolute Gasteiger partial charge is 0.453 e. The van der Waals surface area contributed by atoms with Crippen LogP contribution >= 0.6 is 23.2 Å². The lowest BCUT2D eigenvalue weighted by atomic mass is 10.2. The van der Waals surface area contributed by atoms with E-state index in [1.807, 2.05) is 31.2 Å². The molecule has 0 aliphatic rings. The van der Waals surface area contributed by atoms with E-state index >= 15 is 0 Å². The van der Waals surface area contributed by atoms with Crippen LogP contribution in [-0.2, 0) is 13.1 Å². The third-order valence-corrected chi connectivity index (χ3v) is 4.20. The Bertz CT molecular complexity index is 945. The second-order valence-electron chi connectivity index (χ2n) is 5.74. The number of nitrogens with one attached hydrogen (secondary N) is 2. The number of hydrogen-bond acceptors (Lipinski definition) is 4. The zero-order chi connectivity index (χ0) is 18.5. The summed E-state index contributed by atoms with van der Waals surface area (Å²) in [6, 6.07) is 14.6. The van der Waals surface area contributed by atoms with Crippen LogP contribution in [-0.4, -0.2) is 10.2 Å². The van der Waals surface area contributed by atoms with Crippen LogP contribution in [0.1, 0.15) is 22.5 Å². The van der Waals surface area contributed by atoms with Crippen molar-refractivity contribution in [1.29, 1.82) is 5.26 Å². The minimum absolute atomic E-state index is 0.441. The molecule has 3 rings (SSSR count). The number of H-pyrrole nitrogens is 1. The maximum atomic E-state index is 9.06. The average molecular weight is 387 g/mol. The number of halogens is 2. The van der Waals surface area contributed by atoms with Gasteiger partial charge in [0.1, 0.15) is 11.4 Å². The minimum atomic E-state index is 0.441. The van der Waals surface area contributed by atoms with Gasteiger partial charge in [-0.15, -0.1) is 0 Å². The monoisotopic (exact) mass is 386 g/mol. The number of hydrogen-bond donors (Lipinski definition) is 2. The van der Waals surface area contributed by atoms with Crippen molar-refractivity contribution in [3.05, 3.63) is 75.0 Å². The van der Waals surface area contributed by atoms with Crippen LogP contribution in [0.4, 0.5) is 0 Å². The zero-order valence-corrected chi connectivity index (χ0v) is 15.5. The molecule has 0 fully saturated rings. The molecule has 0 bridgehead atoms. The summed E-state index contributed by atoms with van der Waals surface area (Å²) in [7, 11) is 0. The number of aryl methyl sites for hydroxylation is 1. The van der Waals surface area contributed by atoms with Gasteiger partial charge in [0.15, 0.2) is 5.75 Å². The molecule has 7 heteroatoms. The molecular weight excluding hydrogens is 371 g/mol. The molecule has 5 nitrogen and oxygen atoms in total. The van der Waals surface area contributed by atoms with Crippen molar-refractivity contribution < 1.29 is 4.74 Å². The number of nitriles is 1. The van der Waals surface area contributed by atoms with Gasteiger partial charge in [0.2, 0.25) is 0 Å². The summed E-state index contributed by atoms with van der Waals surface area (Å²) in [5.74, 6) is 1.12. The summed E-state index contributed by atoms with van der Waals surface area (Å²) in [5.41, 5.74) is 3.11. The molecule has 1 aromatic heterocycles. The fourth-order valence-corrected chi connectivity index (χ4v) is 2.82. The maximum absolute atomic E-state index is 9.06. The highest BCUT2D eigenvalue weighted by atomic mass is 35.5. The average Bonchev–Trinajstić information content (AvgIpc) is 2.96. The quantitative estimate of drug-likeness (QED) is 0.626. The van der Waals surface area contributed by atoms with Crippen molar-refractivity contribution in [3.63, 3.8) is 0 Å². The van der Waals surface area contributed by atoms with Gasteiger partial charge in [-0.05, 0) is 42.8 Å². The highest BCUT2D eigenvalue weighted by Crippen LogP contribution is 2.30. The van der Waals surface area contributed by atoms with Crippen LogP contribution in [0, 0.1) is 18.3 Å². The van der Waals surface area contributed by atoms with E-state index in [1.165, 1.54) is 0 Å². The molecule has 3 aromatic rings. The molecule has 0 unspecified atom stereocenters. The van der Waals surface area contributed by atoms with E-state index in [1.54, 1.807) is 18.2 Å². The van der Waals surface area contributed by atoms with E-state index in [-0.39, 0.29) is 0 Å². The number of ether oxygens (including phenoxy) is 1. The molecule has 0 radical (unpaired) electrons. The Morgan fingerprint density at radius 2 is 1.88 bits per heavy atom. The van der Waals surface area contributed by atoms with Gasteiger partial charge in [-0.3, -0.25) is 5.10 Å². The Kier molecular flexibility index (Phi) is 5.79. The van der Waals surface area contributed by atoms with Crippen LogP contribution in [0.15, 0.2) is 42.5 Å². The number of aromatic amines is 1. The first-order chi connectivity index (χ1) is 12.5. The van der Waals surface area contributed by atoms with E-state index in [4.69, 9.17) is 33.2 Å². The molecule has 2 aromatic carbocycles. The van der Waals surface area contributed by atoms with Gasteiger partial charge in [-0.1, -0.05) is 35.3 Å². The molecule has 132 valence electrons. The van der Waals surface area contributed by atoms with Gasteiger partial charge in [-0.25, -0.2) is 0 Å². The standard InChI is InChI=1S/C19H16Cl2N4O/c1-12-19(26-17-7-14(9-22)6-16(21)8-17)18(25-24-12)11-23-10-13-2-4-15(20)5-3-13/h2-8,23H,10-11H2,1H3,(H,24,25). The van der Waals surface area contributed by atoms with E-state index < -0.39 is 0 Å². The van der Waals surface area contributed by atoms with Gasteiger partial charge in [0, 0.05) is 23.1 Å². The Morgan fingerprint density at radius 1 is 1.12 bits per heavy atom. The van der Waals surface area contributed by atoms with Crippen LogP contribution < -0.4 is 10.1 Å². The summed E-state index contributed by atoms with van der Waals surface area (Å²) in [6.07, 6.45) is 0. The number of nitrogens with zero attached hydrogens (tertiary/aromatic N) is 2. The number of benzene rings is 2. The third-order valence-electron chi connectivity index (χ3n) is 3.73. The highest BCUT2D eigenvalue weighted by molar-refractivity contribution is 6.31. The van der Waals surface area contributed by atoms with Gasteiger partial charge in [0.05, 0.1) is 17.3 Å². The minimum Gasteiger partial charge on any atom is -0.453 e. The molecular formula is C19H16Cl2N4O. The fraction of sp³-hybridized carbons (Fsp3) is 0.158. The van der Waals surface area contributed by atoms with Crippen molar-refractivity contribution in [1.82, 2.24) is 15.5 Å². The molecule has 0 amide bonds. The Balaban J connectivity index is 1.70. The predicted octanol–water partition coefficient (Wildman–Crippen LogP) is 4.98. The second-order valence-corrected chi connectivity index (χ2v) is 6.61. The summed E-state index contributed by atoms with van der Waals surface area (Å²) in [5, 5.41) is 20.7. The highest BCUT2D eigenvalue weighted by Gasteiger charge is 2.13. The van der Waals surface area contributed by atoms with E-state index in [0.29, 0.717) is 40.2 Å². The van der Waals surface area contributed by atoms with Gasteiger partial charge < -0.3 is 10.1 Å². The molecule has 0 aliphatic carbocycles. The third kappa shape index (κ3) is 4.55. The Morgan fingerprint density at radius 3 is 2.62 bits per heavy atom. The molecule has 0 aliphatic heterocycles. The first-order valence-electron chi connectivity index (χ1n) is 7.92. The fourth-order valence-electron chi connectivity index (χ4n) is 2.46. The van der Waals surface area contributed by atoms with Crippen LogP contribution in [0.3, 0.4) is 0 Å². The van der Waals surface area contributed by atoms with Gasteiger partial charge >= 0.3 is 0 Å². The molecule has 2 N–H and O–H groups in total. The first-order valence-corrected chi connectivity index (χ1v) is 8.68. The Hall–Kier alpha value is -2.52. The SMILES string of the molecule is Cc1n[nH]c(CNCc2ccc(Cl)cc2)c1Oc1cc(Cl)cc(C#N)c1. The van der Waals surface area contributed by atoms with Crippen LogP contribution in [0.5, 0.6) is 11.5 Å². The molecule has 1 heterocycles. The molecule has 26 heavy (non-hydrogen) atoms. The van der Waals surface area contributed by atoms with Crippen molar-refractivity contribution in [3.8, 4) is 17.6 Å². The molecule has 0 atom stereocenters. The van der Waals surface area contributed by atoms with Crippen LogP contribution in [0.2, 0.25) is 10.0 Å². The number of rotatable bonds is 6. The molecule has 0 saturated heterocycles. The summed E-state index contributed by atoms with van der Waals surface area (Å²) in [4.78, 5) is 0. The predicted molar refractivity (Wildman–Crippen MR) is 102 cm³/mol. The maximum Gasteiger partial charge on any atom is 0.172 e. The summed E-state index contributed by atoms with van der Waals surface area (Å²) in [6.45, 7) is 3.08. The van der Waals surface area contributed by atoms with E-state index in [0.717, 1.165) is 17.0 Å². The van der Waals surface area contributed by atoms with Crippen molar-refractivity contribution in [2.24, 2.45) is 0 Å². The number of aromatic nitrogens is 2. The van der Waals surface area contributed by atoms with Gasteiger partial charge in [0.25, 0.3) is 0 Å². The molecule has 0 saturated carbocycles. The van der Waals surface area contributed by atoms with Crippen molar-refractivity contribution in [2.45, 2.75) is 20.0 Å². The zero-order valence-electron chi connectivity index (χ0n) is 14.0. The van der Waals surface area contributed by atoms with Gasteiger partial charge in [-0.2, -0.15) is 10.4 Å². The Labute approximate surface area is 161 Å². The normalized spacial score (nSPS) is 10.5. The lowest BCUT2D eigenvalue weighted by Gasteiger charge is -2.09. The van der Waals surface area contributed by atoms with Crippen molar-refractivity contribution >= 4 is 23.2 Å². The van der Waals surface area contributed by atoms with E-state index in [2.05, 4.69) is 21.6 Å². The molecule has 0 spiro atoms. The topological polar surface area (TPSA) is 73.7 Å². The van der Waals surface area contributed by atoms with E-state index in [9.17, 15) is 0 Å². The summed E-state index contributed by atoms with van der Waals surface area (Å²) >= 11 is 11.9. The summed E-state index contributed by atoms with van der Waals surface area (Å²) < 4.78 is 5.94. The second kappa shape index (κ2) is 8.24. The van der Waals surface area contributed by atoms with Crippen molar-refractivity contribution in [2.75, 3.05) is 0 Å². The van der Waals surface area contributed by atoms with Crippen LogP contribution in [0.25, 0.3) is 0 Å². The lowest BCUT2D eigenvalue weighted by Crippen LogP contribution is -2.13. The smallest absolute Gasteiger partial charge is 0.172 e. The lowest BCUT2D eigenvalue weighted by molar-refractivity contribution is 0.469. The first kappa shape index (κ1) is 18.3.